The Morgan fingerprint density at radius 2 is 2.07 bits per heavy atom. The number of thiophene rings is 1. The normalized spacial score (nSPS) is 11.4. The number of rotatable bonds is 9. The van der Waals surface area contributed by atoms with Gasteiger partial charge in [0.25, 0.3) is 0 Å². The van der Waals surface area contributed by atoms with Crippen LogP contribution in [0.5, 0.6) is 5.75 Å². The van der Waals surface area contributed by atoms with Gasteiger partial charge in [0, 0.05) is 13.1 Å². The SMILES string of the molecule is CCNC(=NCc1coc(-c2cccs2)n1)NCCCOc1ccccc1. The van der Waals surface area contributed by atoms with Crippen LogP contribution in [0.4, 0.5) is 0 Å². The van der Waals surface area contributed by atoms with Crippen molar-refractivity contribution in [1.82, 2.24) is 15.6 Å². The fourth-order valence-electron chi connectivity index (χ4n) is 2.38. The van der Waals surface area contributed by atoms with Gasteiger partial charge < -0.3 is 19.8 Å². The quantitative estimate of drug-likeness (QED) is 0.332. The summed E-state index contributed by atoms with van der Waals surface area (Å²) in [6.45, 7) is 4.73. The number of hydrogen-bond donors (Lipinski definition) is 2. The van der Waals surface area contributed by atoms with Crippen molar-refractivity contribution in [3.05, 3.63) is 59.8 Å². The molecule has 0 saturated carbocycles. The van der Waals surface area contributed by atoms with Crippen molar-refractivity contribution in [2.75, 3.05) is 19.7 Å². The molecule has 0 amide bonds. The largest absolute Gasteiger partial charge is 0.494 e. The number of para-hydroxylation sites is 1. The number of aromatic nitrogens is 1. The van der Waals surface area contributed by atoms with E-state index in [9.17, 15) is 0 Å². The molecule has 2 aromatic heterocycles. The molecule has 2 N–H and O–H groups in total. The zero-order valence-corrected chi connectivity index (χ0v) is 16.2. The summed E-state index contributed by atoms with van der Waals surface area (Å²) in [4.78, 5) is 10.1. The van der Waals surface area contributed by atoms with Gasteiger partial charge in [0.15, 0.2) is 5.96 Å². The molecular weight excluding hydrogens is 360 g/mol. The molecule has 0 radical (unpaired) electrons. The van der Waals surface area contributed by atoms with Crippen LogP contribution in [-0.4, -0.2) is 30.6 Å². The molecule has 0 aliphatic heterocycles. The van der Waals surface area contributed by atoms with Gasteiger partial charge in [0.2, 0.25) is 5.89 Å². The van der Waals surface area contributed by atoms with Gasteiger partial charge in [-0.1, -0.05) is 24.3 Å². The van der Waals surface area contributed by atoms with E-state index in [0.717, 1.165) is 41.8 Å². The maximum atomic E-state index is 5.69. The number of nitrogens with zero attached hydrogens (tertiary/aromatic N) is 2. The number of aliphatic imine (C=N–C) groups is 1. The summed E-state index contributed by atoms with van der Waals surface area (Å²) >= 11 is 1.61. The Hall–Kier alpha value is -2.80. The monoisotopic (exact) mass is 384 g/mol. The third-order valence-electron chi connectivity index (χ3n) is 3.65. The van der Waals surface area contributed by atoms with Gasteiger partial charge in [-0.3, -0.25) is 0 Å². The molecule has 6 nitrogen and oxygen atoms in total. The van der Waals surface area contributed by atoms with Crippen molar-refractivity contribution >= 4 is 17.3 Å². The molecule has 0 aliphatic carbocycles. The van der Waals surface area contributed by atoms with Crippen LogP contribution in [0, 0.1) is 0 Å². The molecular formula is C20H24N4O2S. The van der Waals surface area contributed by atoms with E-state index in [4.69, 9.17) is 9.15 Å². The lowest BCUT2D eigenvalue weighted by Crippen LogP contribution is -2.38. The van der Waals surface area contributed by atoms with Crippen molar-refractivity contribution in [2.24, 2.45) is 4.99 Å². The highest BCUT2D eigenvalue weighted by Crippen LogP contribution is 2.23. The number of hydrogen-bond acceptors (Lipinski definition) is 5. The highest BCUT2D eigenvalue weighted by Gasteiger charge is 2.07. The van der Waals surface area contributed by atoms with Gasteiger partial charge in [-0.25, -0.2) is 9.98 Å². The summed E-state index contributed by atoms with van der Waals surface area (Å²) in [6, 6.07) is 13.8. The molecule has 0 bridgehead atoms. The van der Waals surface area contributed by atoms with Gasteiger partial charge in [-0.05, 0) is 36.9 Å². The van der Waals surface area contributed by atoms with Crippen LogP contribution in [0.25, 0.3) is 10.8 Å². The summed E-state index contributed by atoms with van der Waals surface area (Å²) in [6.07, 6.45) is 2.54. The lowest BCUT2D eigenvalue weighted by atomic mass is 10.3. The Balaban J connectivity index is 1.43. The summed E-state index contributed by atoms with van der Waals surface area (Å²) in [5.74, 6) is 2.30. The van der Waals surface area contributed by atoms with E-state index in [1.807, 2.05) is 54.8 Å². The third-order valence-corrected chi connectivity index (χ3v) is 4.51. The van der Waals surface area contributed by atoms with Crippen LogP contribution in [0.1, 0.15) is 19.0 Å². The zero-order chi connectivity index (χ0) is 18.7. The van der Waals surface area contributed by atoms with Crippen LogP contribution >= 0.6 is 11.3 Å². The molecule has 7 heteroatoms. The fraction of sp³-hybridized carbons (Fsp3) is 0.300. The molecule has 0 unspecified atom stereocenters. The summed E-state index contributed by atoms with van der Waals surface area (Å²) in [5, 5.41) is 8.56. The minimum atomic E-state index is 0.463. The van der Waals surface area contributed by atoms with Crippen molar-refractivity contribution in [2.45, 2.75) is 19.9 Å². The smallest absolute Gasteiger partial charge is 0.236 e. The molecule has 0 atom stereocenters. The van der Waals surface area contributed by atoms with Crippen molar-refractivity contribution in [1.29, 1.82) is 0 Å². The zero-order valence-electron chi connectivity index (χ0n) is 15.4. The van der Waals surface area contributed by atoms with Crippen molar-refractivity contribution in [3.63, 3.8) is 0 Å². The van der Waals surface area contributed by atoms with E-state index in [2.05, 4.69) is 20.6 Å². The maximum Gasteiger partial charge on any atom is 0.236 e. The van der Waals surface area contributed by atoms with Gasteiger partial charge in [0.1, 0.15) is 17.7 Å². The molecule has 3 rings (SSSR count). The van der Waals surface area contributed by atoms with Crippen LogP contribution in [-0.2, 0) is 6.54 Å². The number of oxazole rings is 1. The molecule has 3 aromatic rings. The number of ether oxygens (including phenoxy) is 1. The van der Waals surface area contributed by atoms with Crippen molar-refractivity contribution in [3.8, 4) is 16.5 Å². The Labute approximate surface area is 163 Å². The fourth-order valence-corrected chi connectivity index (χ4v) is 3.04. The average molecular weight is 385 g/mol. The Kier molecular flexibility index (Phi) is 7.29. The molecule has 0 spiro atoms. The van der Waals surface area contributed by atoms with Gasteiger partial charge in [-0.2, -0.15) is 0 Å². The van der Waals surface area contributed by atoms with Crippen LogP contribution in [0.2, 0.25) is 0 Å². The highest BCUT2D eigenvalue weighted by molar-refractivity contribution is 7.13. The molecule has 0 saturated heterocycles. The van der Waals surface area contributed by atoms with Crippen LogP contribution in [0.15, 0.2) is 63.5 Å². The minimum absolute atomic E-state index is 0.463. The molecule has 0 fully saturated rings. The number of guanidine groups is 1. The minimum Gasteiger partial charge on any atom is -0.494 e. The van der Waals surface area contributed by atoms with E-state index in [0.29, 0.717) is 19.0 Å². The second kappa shape index (κ2) is 10.4. The van der Waals surface area contributed by atoms with Crippen LogP contribution < -0.4 is 15.4 Å². The van der Waals surface area contributed by atoms with E-state index in [1.54, 1.807) is 17.6 Å². The molecule has 142 valence electrons. The maximum absolute atomic E-state index is 5.69. The van der Waals surface area contributed by atoms with E-state index in [-0.39, 0.29) is 0 Å². The lowest BCUT2D eigenvalue weighted by Gasteiger charge is -2.11. The topological polar surface area (TPSA) is 71.7 Å². The predicted molar refractivity (Wildman–Crippen MR) is 109 cm³/mol. The molecule has 0 aliphatic rings. The van der Waals surface area contributed by atoms with E-state index in [1.165, 1.54) is 0 Å². The standard InChI is InChI=1S/C20H24N4O2S/c1-2-21-20(22-11-7-12-25-17-8-4-3-5-9-17)23-14-16-15-26-19(24-16)18-10-6-13-27-18/h3-6,8-10,13,15H,2,7,11-12,14H2,1H3,(H2,21,22,23). The first-order chi connectivity index (χ1) is 13.3. The molecule has 1 aromatic carbocycles. The van der Waals surface area contributed by atoms with Crippen LogP contribution in [0.3, 0.4) is 0 Å². The van der Waals surface area contributed by atoms with Gasteiger partial charge in [0.05, 0.1) is 18.0 Å². The Morgan fingerprint density at radius 3 is 2.85 bits per heavy atom. The molecule has 2 heterocycles. The first-order valence-corrected chi connectivity index (χ1v) is 9.91. The second-order valence-corrected chi connectivity index (χ2v) is 6.71. The number of nitrogens with one attached hydrogen (secondary N) is 2. The average Bonchev–Trinajstić information content (AvgIpc) is 3.38. The lowest BCUT2D eigenvalue weighted by molar-refractivity contribution is 0.311. The molecule has 27 heavy (non-hydrogen) atoms. The summed E-state index contributed by atoms with van der Waals surface area (Å²) in [7, 11) is 0. The van der Waals surface area contributed by atoms with Gasteiger partial charge >= 0.3 is 0 Å². The summed E-state index contributed by atoms with van der Waals surface area (Å²) in [5.41, 5.74) is 0.808. The third kappa shape index (κ3) is 6.14. The predicted octanol–water partition coefficient (Wildman–Crippen LogP) is 3.93. The second-order valence-electron chi connectivity index (χ2n) is 5.76. The first kappa shape index (κ1) is 19.0. The highest BCUT2D eigenvalue weighted by atomic mass is 32.1. The Bertz CT molecular complexity index is 816. The van der Waals surface area contributed by atoms with E-state index < -0.39 is 0 Å². The Morgan fingerprint density at radius 1 is 1.19 bits per heavy atom. The van der Waals surface area contributed by atoms with Gasteiger partial charge in [-0.15, -0.1) is 11.3 Å². The van der Waals surface area contributed by atoms with E-state index >= 15 is 0 Å². The van der Waals surface area contributed by atoms with Crippen molar-refractivity contribution < 1.29 is 9.15 Å². The first-order valence-electron chi connectivity index (χ1n) is 9.03. The summed E-state index contributed by atoms with van der Waals surface area (Å²) < 4.78 is 11.2. The number of benzene rings is 1.